The maximum Gasteiger partial charge on any atom is 0.119 e. The molecular formula is C10H26N2O2Si. The molecule has 0 spiro atoms. The van der Waals surface area contributed by atoms with E-state index in [2.05, 4.69) is 37.4 Å². The van der Waals surface area contributed by atoms with Crippen LogP contribution < -0.4 is 10.9 Å². The zero-order valence-electron chi connectivity index (χ0n) is 10.7. The van der Waals surface area contributed by atoms with Crippen molar-refractivity contribution in [2.75, 3.05) is 20.4 Å². The van der Waals surface area contributed by atoms with E-state index in [1.807, 2.05) is 0 Å². The van der Waals surface area contributed by atoms with Crippen LogP contribution in [0.2, 0.25) is 25.7 Å². The first-order chi connectivity index (χ1) is 6.99. The van der Waals surface area contributed by atoms with Crippen LogP contribution in [0.5, 0.6) is 0 Å². The Labute approximate surface area is 94.7 Å². The normalized spacial score (nSPS) is 14.2. The molecule has 0 saturated heterocycles. The molecule has 5 heteroatoms. The summed E-state index contributed by atoms with van der Waals surface area (Å²) in [5, 5.41) is 0. The van der Waals surface area contributed by atoms with E-state index in [0.717, 1.165) is 13.0 Å². The minimum atomic E-state index is -0.951. The first kappa shape index (κ1) is 15.1. The number of hydrogen-bond acceptors (Lipinski definition) is 4. The standard InChI is InChI=1S/C10H26N2O2Si/c1-6-10(13-2)12-11-9-14-7-8-15(3,4)5/h10-12H,6-9H2,1-5H3/t10-/m0/s1. The molecule has 4 nitrogen and oxygen atoms in total. The van der Waals surface area contributed by atoms with Crippen LogP contribution in [-0.2, 0) is 9.47 Å². The average molecular weight is 234 g/mol. The van der Waals surface area contributed by atoms with Crippen LogP contribution in [0, 0.1) is 0 Å². The fraction of sp³-hybridized carbons (Fsp3) is 1.00. The molecule has 0 aromatic carbocycles. The van der Waals surface area contributed by atoms with Crippen LogP contribution in [-0.4, -0.2) is 34.7 Å². The highest BCUT2D eigenvalue weighted by Crippen LogP contribution is 2.06. The maximum absolute atomic E-state index is 5.45. The Kier molecular flexibility index (Phi) is 8.27. The smallest absolute Gasteiger partial charge is 0.119 e. The summed E-state index contributed by atoms with van der Waals surface area (Å²) in [6, 6.07) is 1.20. The lowest BCUT2D eigenvalue weighted by Crippen LogP contribution is -2.42. The second-order valence-electron chi connectivity index (χ2n) is 4.82. The second kappa shape index (κ2) is 8.24. The molecule has 0 radical (unpaired) electrons. The third-order valence-electron chi connectivity index (χ3n) is 2.09. The van der Waals surface area contributed by atoms with Gasteiger partial charge in [-0.15, -0.1) is 0 Å². The van der Waals surface area contributed by atoms with E-state index < -0.39 is 8.07 Å². The average Bonchev–Trinajstić information content (AvgIpc) is 2.15. The third kappa shape index (κ3) is 10.3. The lowest BCUT2D eigenvalue weighted by Gasteiger charge is -2.17. The summed E-state index contributed by atoms with van der Waals surface area (Å²) in [5.41, 5.74) is 6.02. The van der Waals surface area contributed by atoms with Crippen molar-refractivity contribution < 1.29 is 9.47 Å². The molecule has 0 unspecified atom stereocenters. The van der Waals surface area contributed by atoms with E-state index in [1.54, 1.807) is 7.11 Å². The molecule has 0 saturated carbocycles. The molecule has 0 bridgehead atoms. The summed E-state index contributed by atoms with van der Waals surface area (Å²) in [4.78, 5) is 0. The summed E-state index contributed by atoms with van der Waals surface area (Å²) in [5.74, 6) is 0. The molecule has 0 fully saturated rings. The predicted molar refractivity (Wildman–Crippen MR) is 66.3 cm³/mol. The summed E-state index contributed by atoms with van der Waals surface area (Å²) in [7, 11) is 0.739. The molecule has 0 heterocycles. The minimum Gasteiger partial charge on any atom is -0.365 e. The monoisotopic (exact) mass is 234 g/mol. The molecule has 0 aromatic rings. The fourth-order valence-electron chi connectivity index (χ4n) is 0.985. The number of nitrogens with one attached hydrogen (secondary N) is 2. The zero-order valence-corrected chi connectivity index (χ0v) is 11.7. The van der Waals surface area contributed by atoms with Gasteiger partial charge in [-0.05, 0) is 12.5 Å². The lowest BCUT2D eigenvalue weighted by molar-refractivity contribution is 0.0339. The maximum atomic E-state index is 5.45. The van der Waals surface area contributed by atoms with Gasteiger partial charge in [0.05, 0.1) is 0 Å². The molecule has 0 amide bonds. The van der Waals surface area contributed by atoms with Crippen LogP contribution in [0.25, 0.3) is 0 Å². The highest BCUT2D eigenvalue weighted by molar-refractivity contribution is 6.76. The summed E-state index contributed by atoms with van der Waals surface area (Å²) < 4.78 is 10.6. The van der Waals surface area contributed by atoms with Gasteiger partial charge in [-0.2, -0.15) is 0 Å². The lowest BCUT2D eigenvalue weighted by atomic mass is 10.4. The first-order valence-electron chi connectivity index (χ1n) is 5.58. The quantitative estimate of drug-likeness (QED) is 0.276. The van der Waals surface area contributed by atoms with Crippen molar-refractivity contribution in [3.05, 3.63) is 0 Å². The van der Waals surface area contributed by atoms with Crippen molar-refractivity contribution in [2.24, 2.45) is 0 Å². The number of ether oxygens (including phenoxy) is 2. The van der Waals surface area contributed by atoms with Gasteiger partial charge >= 0.3 is 0 Å². The summed E-state index contributed by atoms with van der Waals surface area (Å²) >= 11 is 0. The number of hydrogen-bond donors (Lipinski definition) is 2. The Morgan fingerprint density at radius 1 is 1.27 bits per heavy atom. The van der Waals surface area contributed by atoms with E-state index in [4.69, 9.17) is 9.47 Å². The van der Waals surface area contributed by atoms with E-state index in [9.17, 15) is 0 Å². The Morgan fingerprint density at radius 2 is 1.93 bits per heavy atom. The molecule has 15 heavy (non-hydrogen) atoms. The van der Waals surface area contributed by atoms with E-state index in [-0.39, 0.29) is 6.23 Å². The van der Waals surface area contributed by atoms with Gasteiger partial charge in [0.1, 0.15) is 13.0 Å². The second-order valence-corrected chi connectivity index (χ2v) is 10.4. The number of hydrazine groups is 1. The molecule has 0 aliphatic carbocycles. The highest BCUT2D eigenvalue weighted by atomic mass is 28.3. The van der Waals surface area contributed by atoms with Crippen LogP contribution in [0.15, 0.2) is 0 Å². The highest BCUT2D eigenvalue weighted by Gasteiger charge is 2.11. The van der Waals surface area contributed by atoms with Gasteiger partial charge in [0, 0.05) is 21.8 Å². The van der Waals surface area contributed by atoms with Crippen LogP contribution >= 0.6 is 0 Å². The van der Waals surface area contributed by atoms with Gasteiger partial charge in [-0.25, -0.2) is 10.9 Å². The van der Waals surface area contributed by atoms with E-state index in [1.165, 1.54) is 6.04 Å². The zero-order chi connectivity index (χ0) is 11.7. The van der Waals surface area contributed by atoms with Crippen molar-refractivity contribution in [2.45, 2.75) is 45.3 Å². The molecule has 1 atom stereocenters. The summed E-state index contributed by atoms with van der Waals surface area (Å²) in [6.45, 7) is 10.5. The molecule has 0 aliphatic heterocycles. The molecule has 92 valence electrons. The Bertz CT molecular complexity index is 147. The van der Waals surface area contributed by atoms with Crippen molar-refractivity contribution in [1.82, 2.24) is 10.9 Å². The van der Waals surface area contributed by atoms with Crippen LogP contribution in [0.4, 0.5) is 0 Å². The van der Waals surface area contributed by atoms with Gasteiger partial charge in [0.2, 0.25) is 0 Å². The van der Waals surface area contributed by atoms with Gasteiger partial charge in [0.25, 0.3) is 0 Å². The molecule has 0 aromatic heterocycles. The SMILES string of the molecule is CC[C@@H](NNCOCC[Si](C)(C)C)OC. The van der Waals surface area contributed by atoms with Gasteiger partial charge in [0.15, 0.2) is 0 Å². The third-order valence-corrected chi connectivity index (χ3v) is 3.79. The minimum absolute atomic E-state index is 0.0607. The van der Waals surface area contributed by atoms with Gasteiger partial charge in [-0.3, -0.25) is 0 Å². The Morgan fingerprint density at radius 3 is 2.40 bits per heavy atom. The topological polar surface area (TPSA) is 42.5 Å². The van der Waals surface area contributed by atoms with E-state index in [0.29, 0.717) is 6.73 Å². The number of rotatable bonds is 9. The van der Waals surface area contributed by atoms with Crippen LogP contribution in [0.3, 0.4) is 0 Å². The van der Waals surface area contributed by atoms with Crippen LogP contribution in [0.1, 0.15) is 13.3 Å². The van der Waals surface area contributed by atoms with Gasteiger partial charge < -0.3 is 9.47 Å². The first-order valence-corrected chi connectivity index (χ1v) is 9.29. The van der Waals surface area contributed by atoms with Gasteiger partial charge in [-0.1, -0.05) is 26.6 Å². The Hall–Kier alpha value is 0.0569. The molecule has 2 N–H and O–H groups in total. The summed E-state index contributed by atoms with van der Waals surface area (Å²) in [6.07, 6.45) is 0.990. The number of methoxy groups -OCH3 is 1. The van der Waals surface area contributed by atoms with Crippen molar-refractivity contribution in [3.8, 4) is 0 Å². The van der Waals surface area contributed by atoms with E-state index >= 15 is 0 Å². The molecular weight excluding hydrogens is 208 g/mol. The van der Waals surface area contributed by atoms with Crippen molar-refractivity contribution >= 4 is 8.07 Å². The predicted octanol–water partition coefficient (Wildman–Crippen LogP) is 1.78. The van der Waals surface area contributed by atoms with Crippen molar-refractivity contribution in [3.63, 3.8) is 0 Å². The molecule has 0 aliphatic rings. The van der Waals surface area contributed by atoms with Crippen molar-refractivity contribution in [1.29, 1.82) is 0 Å². The largest absolute Gasteiger partial charge is 0.365 e. The Balaban J connectivity index is 3.25. The fourth-order valence-corrected chi connectivity index (χ4v) is 1.74. The molecule has 0 rings (SSSR count).